The molecule has 22 heavy (non-hydrogen) atoms. The highest BCUT2D eigenvalue weighted by molar-refractivity contribution is 6.13. The number of nitrogens with one attached hydrogen (secondary N) is 1. The van der Waals surface area contributed by atoms with E-state index in [2.05, 4.69) is 5.32 Å². The molecule has 0 fully saturated rings. The van der Waals surface area contributed by atoms with Gasteiger partial charge in [0.15, 0.2) is 0 Å². The molecule has 3 N–H and O–H groups in total. The summed E-state index contributed by atoms with van der Waals surface area (Å²) < 4.78 is 10.0. The van der Waals surface area contributed by atoms with Crippen molar-refractivity contribution in [1.29, 1.82) is 0 Å². The molecule has 0 saturated heterocycles. The zero-order valence-corrected chi connectivity index (χ0v) is 12.1. The number of carbonyl (C=O) groups excluding carboxylic acids is 4. The summed E-state index contributed by atoms with van der Waals surface area (Å²) in [6, 6.07) is 0. The van der Waals surface area contributed by atoms with Crippen LogP contribution in [0.3, 0.4) is 0 Å². The van der Waals surface area contributed by atoms with E-state index >= 15 is 0 Å². The Morgan fingerprint density at radius 3 is 2.36 bits per heavy atom. The van der Waals surface area contributed by atoms with Crippen LogP contribution in [0.2, 0.25) is 0 Å². The first-order valence-electron chi connectivity index (χ1n) is 6.74. The van der Waals surface area contributed by atoms with Gasteiger partial charge in [0.25, 0.3) is 11.8 Å². The van der Waals surface area contributed by atoms with Crippen LogP contribution in [-0.2, 0) is 28.7 Å². The van der Waals surface area contributed by atoms with Gasteiger partial charge in [-0.3, -0.25) is 24.1 Å². The first-order valence-corrected chi connectivity index (χ1v) is 6.74. The molecule has 122 valence electrons. The van der Waals surface area contributed by atoms with Gasteiger partial charge < -0.3 is 20.5 Å². The molecule has 1 aliphatic rings. The Bertz CT molecular complexity index is 445. The third-order valence-electron chi connectivity index (χ3n) is 2.65. The van der Waals surface area contributed by atoms with Crippen LogP contribution in [0.15, 0.2) is 12.2 Å². The van der Waals surface area contributed by atoms with E-state index in [1.807, 2.05) is 0 Å². The van der Waals surface area contributed by atoms with Crippen LogP contribution in [-0.4, -0.2) is 68.0 Å². The van der Waals surface area contributed by atoms with E-state index < -0.39 is 17.7 Å². The number of hydrogen-bond donors (Lipinski definition) is 2. The number of rotatable bonds is 11. The highest BCUT2D eigenvalue weighted by Crippen LogP contribution is 2.03. The number of ether oxygens (including phenoxy) is 2. The van der Waals surface area contributed by atoms with Gasteiger partial charge in [0.1, 0.15) is 6.61 Å². The minimum absolute atomic E-state index is 0.0425. The lowest BCUT2D eigenvalue weighted by atomic mass is 10.3. The van der Waals surface area contributed by atoms with Crippen LogP contribution in [0.1, 0.15) is 6.42 Å². The summed E-state index contributed by atoms with van der Waals surface area (Å²) in [4.78, 5) is 45.4. The Hall–Kier alpha value is -2.26. The van der Waals surface area contributed by atoms with Gasteiger partial charge in [-0.05, 0) is 0 Å². The van der Waals surface area contributed by atoms with Gasteiger partial charge in [0.05, 0.1) is 19.8 Å². The van der Waals surface area contributed by atoms with Gasteiger partial charge in [0.2, 0.25) is 11.8 Å². The summed E-state index contributed by atoms with van der Waals surface area (Å²) in [5.74, 6) is -1.63. The van der Waals surface area contributed by atoms with Crippen molar-refractivity contribution in [2.75, 3.05) is 39.5 Å². The van der Waals surface area contributed by atoms with E-state index in [1.54, 1.807) is 0 Å². The van der Waals surface area contributed by atoms with Crippen LogP contribution in [0.5, 0.6) is 0 Å². The molecule has 0 spiro atoms. The van der Waals surface area contributed by atoms with Gasteiger partial charge in [0, 0.05) is 31.7 Å². The quantitative estimate of drug-likeness (QED) is 0.333. The second kappa shape index (κ2) is 9.64. The smallest absolute Gasteiger partial charge is 0.253 e. The zero-order chi connectivity index (χ0) is 16.4. The molecule has 1 aliphatic heterocycles. The number of nitrogens with two attached hydrogens (primary N) is 1. The van der Waals surface area contributed by atoms with Crippen molar-refractivity contribution in [3.63, 3.8) is 0 Å². The maximum absolute atomic E-state index is 11.5. The van der Waals surface area contributed by atoms with E-state index in [-0.39, 0.29) is 45.3 Å². The van der Waals surface area contributed by atoms with Gasteiger partial charge >= 0.3 is 0 Å². The van der Waals surface area contributed by atoms with E-state index in [0.717, 1.165) is 4.90 Å². The van der Waals surface area contributed by atoms with E-state index in [1.165, 1.54) is 12.2 Å². The Balaban J connectivity index is 1.97. The molecule has 0 atom stereocenters. The predicted molar refractivity (Wildman–Crippen MR) is 74.3 cm³/mol. The van der Waals surface area contributed by atoms with Crippen molar-refractivity contribution < 1.29 is 28.7 Å². The first-order chi connectivity index (χ1) is 10.5. The molecule has 0 aromatic rings. The van der Waals surface area contributed by atoms with E-state index in [0.29, 0.717) is 6.54 Å². The zero-order valence-electron chi connectivity index (χ0n) is 12.1. The predicted octanol–water partition coefficient (Wildman–Crippen LogP) is -2.06. The van der Waals surface area contributed by atoms with Crippen LogP contribution in [0.4, 0.5) is 0 Å². The first kappa shape index (κ1) is 17.8. The summed E-state index contributed by atoms with van der Waals surface area (Å²) in [7, 11) is 0. The maximum atomic E-state index is 11.5. The van der Waals surface area contributed by atoms with E-state index in [4.69, 9.17) is 15.2 Å². The SMILES string of the molecule is NC(=O)COCCOCCNC(=O)CCN1C(=O)C=CC1=O. The molecule has 4 amide bonds. The van der Waals surface area contributed by atoms with Crippen LogP contribution >= 0.6 is 0 Å². The fourth-order valence-corrected chi connectivity index (χ4v) is 1.61. The number of amides is 4. The normalized spacial score (nSPS) is 13.7. The number of primary amides is 1. The summed E-state index contributed by atoms with van der Waals surface area (Å²) in [5, 5.41) is 2.60. The van der Waals surface area contributed by atoms with Crippen LogP contribution in [0.25, 0.3) is 0 Å². The fraction of sp³-hybridized carbons (Fsp3) is 0.538. The number of imide groups is 1. The van der Waals surface area contributed by atoms with Crippen molar-refractivity contribution in [3.05, 3.63) is 12.2 Å². The van der Waals surface area contributed by atoms with Crippen molar-refractivity contribution in [3.8, 4) is 0 Å². The lowest BCUT2D eigenvalue weighted by Crippen LogP contribution is -2.35. The lowest BCUT2D eigenvalue weighted by molar-refractivity contribution is -0.137. The summed E-state index contributed by atoms with van der Waals surface area (Å²) in [5.41, 5.74) is 4.88. The fourth-order valence-electron chi connectivity index (χ4n) is 1.61. The minimum Gasteiger partial charge on any atom is -0.377 e. The molecule has 0 radical (unpaired) electrons. The van der Waals surface area contributed by atoms with Gasteiger partial charge in [-0.15, -0.1) is 0 Å². The van der Waals surface area contributed by atoms with Crippen molar-refractivity contribution in [1.82, 2.24) is 10.2 Å². The molecule has 1 rings (SSSR count). The Labute approximate surface area is 127 Å². The summed E-state index contributed by atoms with van der Waals surface area (Å²) in [6.45, 7) is 1.01. The highest BCUT2D eigenvalue weighted by atomic mass is 16.5. The third-order valence-corrected chi connectivity index (χ3v) is 2.65. The summed E-state index contributed by atoms with van der Waals surface area (Å²) in [6.07, 6.45) is 2.39. The molecular formula is C13H19N3O6. The monoisotopic (exact) mass is 313 g/mol. The topological polar surface area (TPSA) is 128 Å². The average Bonchev–Trinajstić information content (AvgIpc) is 2.78. The van der Waals surface area contributed by atoms with Gasteiger partial charge in [-0.1, -0.05) is 0 Å². The standard InChI is InChI=1S/C13H19N3O6/c14-10(17)9-22-8-7-21-6-4-15-11(18)3-5-16-12(19)1-2-13(16)20/h1-2H,3-9H2,(H2,14,17)(H,15,18). The molecule has 9 heteroatoms. The second-order valence-electron chi connectivity index (χ2n) is 4.39. The minimum atomic E-state index is -0.544. The molecule has 9 nitrogen and oxygen atoms in total. The Morgan fingerprint density at radius 1 is 1.09 bits per heavy atom. The number of nitrogens with zero attached hydrogens (tertiary/aromatic N) is 1. The van der Waals surface area contributed by atoms with Gasteiger partial charge in [-0.2, -0.15) is 0 Å². The summed E-state index contributed by atoms with van der Waals surface area (Å²) >= 11 is 0. The third kappa shape index (κ3) is 6.95. The average molecular weight is 313 g/mol. The number of hydrogen-bond acceptors (Lipinski definition) is 6. The maximum Gasteiger partial charge on any atom is 0.253 e. The van der Waals surface area contributed by atoms with Gasteiger partial charge in [-0.25, -0.2) is 0 Å². The molecular weight excluding hydrogens is 294 g/mol. The van der Waals surface area contributed by atoms with E-state index in [9.17, 15) is 19.2 Å². The molecule has 0 bridgehead atoms. The van der Waals surface area contributed by atoms with Crippen LogP contribution in [0, 0.1) is 0 Å². The molecule has 0 saturated carbocycles. The van der Waals surface area contributed by atoms with Crippen LogP contribution < -0.4 is 11.1 Å². The van der Waals surface area contributed by atoms with Crippen molar-refractivity contribution >= 4 is 23.6 Å². The molecule has 0 aromatic heterocycles. The highest BCUT2D eigenvalue weighted by Gasteiger charge is 2.23. The molecule has 0 unspecified atom stereocenters. The Kier molecular flexibility index (Phi) is 7.79. The molecule has 0 aromatic carbocycles. The lowest BCUT2D eigenvalue weighted by Gasteiger charge is -2.13. The van der Waals surface area contributed by atoms with Crippen molar-refractivity contribution in [2.24, 2.45) is 5.73 Å². The second-order valence-corrected chi connectivity index (χ2v) is 4.39. The largest absolute Gasteiger partial charge is 0.377 e. The molecule has 1 heterocycles. The molecule has 0 aliphatic carbocycles. The van der Waals surface area contributed by atoms with Crippen molar-refractivity contribution in [2.45, 2.75) is 6.42 Å². The number of carbonyl (C=O) groups is 4. The Morgan fingerprint density at radius 2 is 1.73 bits per heavy atom.